The Hall–Kier alpha value is -3.05. The van der Waals surface area contributed by atoms with Crippen LogP contribution in [0.25, 0.3) is 11.1 Å². The van der Waals surface area contributed by atoms with Gasteiger partial charge in [0.2, 0.25) is 0 Å². The summed E-state index contributed by atoms with van der Waals surface area (Å²) in [5.74, 6) is 0.0141. The highest BCUT2D eigenvalue weighted by Gasteiger charge is 2.06. The zero-order valence-corrected chi connectivity index (χ0v) is 22.2. The van der Waals surface area contributed by atoms with E-state index in [2.05, 4.69) is 61.6 Å². The molecule has 36 heavy (non-hydrogen) atoms. The highest BCUT2D eigenvalue weighted by molar-refractivity contribution is 7.99. The third kappa shape index (κ3) is 9.19. The average molecular weight is 504 g/mol. The molecule has 3 rings (SSSR count). The lowest BCUT2D eigenvalue weighted by molar-refractivity contribution is -0.136. The van der Waals surface area contributed by atoms with E-state index in [1.807, 2.05) is 36.0 Å². The van der Waals surface area contributed by atoms with E-state index >= 15 is 0 Å². The summed E-state index contributed by atoms with van der Waals surface area (Å²) in [4.78, 5) is 23.9. The molecule has 0 radical (unpaired) electrons. The van der Waals surface area contributed by atoms with E-state index in [0.29, 0.717) is 5.56 Å². The number of aryl methyl sites for hydroxylation is 3. The zero-order chi connectivity index (χ0) is 25.8. The van der Waals surface area contributed by atoms with Crippen molar-refractivity contribution in [2.24, 2.45) is 0 Å². The van der Waals surface area contributed by atoms with Crippen LogP contribution in [0.15, 0.2) is 71.6 Å². The molecule has 0 saturated carbocycles. The van der Waals surface area contributed by atoms with Crippen molar-refractivity contribution < 1.29 is 14.7 Å². The number of hydrogen-bond acceptors (Lipinski definition) is 3. The number of unbranched alkanes of at least 4 members (excludes halogenated alkanes) is 4. The minimum atomic E-state index is -0.914. The van der Waals surface area contributed by atoms with Crippen LogP contribution in [-0.2, 0) is 11.2 Å². The van der Waals surface area contributed by atoms with Crippen molar-refractivity contribution in [1.82, 2.24) is 5.32 Å². The van der Waals surface area contributed by atoms with Crippen molar-refractivity contribution in [2.45, 2.75) is 63.7 Å². The first-order valence-electron chi connectivity index (χ1n) is 12.8. The van der Waals surface area contributed by atoms with Crippen molar-refractivity contribution in [3.63, 3.8) is 0 Å². The fourth-order valence-corrected chi connectivity index (χ4v) is 4.94. The molecule has 5 heteroatoms. The van der Waals surface area contributed by atoms with Gasteiger partial charge in [-0.25, -0.2) is 0 Å². The molecule has 2 N–H and O–H groups in total. The molecule has 0 aliphatic rings. The molecule has 0 bridgehead atoms. The van der Waals surface area contributed by atoms with Crippen LogP contribution in [0, 0.1) is 13.8 Å². The topological polar surface area (TPSA) is 66.4 Å². The quantitative estimate of drug-likeness (QED) is 0.177. The van der Waals surface area contributed by atoms with Crippen LogP contribution in [0.3, 0.4) is 0 Å². The molecule has 0 spiro atoms. The standard InChI is InChI=1S/C31H37NO3S/c1-23-9-12-28(22-24(23)2)26-15-17-29(18-16-26)36-21-7-5-3-4-6-8-25-10-13-27(14-11-25)31(35)32-20-19-30(33)34/h9-18,22H,3-8,19-21H2,1-2H3,(H,32,35)(H,33,34). The number of carboxylic acids is 1. The number of carboxylic acid groups (broad SMARTS) is 1. The average Bonchev–Trinajstić information content (AvgIpc) is 2.87. The predicted octanol–water partition coefficient (Wildman–Crippen LogP) is 7.46. The summed E-state index contributed by atoms with van der Waals surface area (Å²) in [6, 6.07) is 23.2. The number of thioether (sulfide) groups is 1. The summed E-state index contributed by atoms with van der Waals surface area (Å²) in [6.45, 7) is 4.46. The van der Waals surface area contributed by atoms with Crippen molar-refractivity contribution in [1.29, 1.82) is 0 Å². The Bertz CT molecular complexity index is 1120. The van der Waals surface area contributed by atoms with Gasteiger partial charge < -0.3 is 10.4 Å². The largest absolute Gasteiger partial charge is 0.481 e. The molecule has 0 aromatic heterocycles. The Kier molecular flexibility index (Phi) is 11.1. The number of rotatable bonds is 14. The van der Waals surface area contributed by atoms with Crippen LogP contribution in [0.2, 0.25) is 0 Å². The molecule has 0 unspecified atom stereocenters. The van der Waals surface area contributed by atoms with E-state index in [9.17, 15) is 9.59 Å². The van der Waals surface area contributed by atoms with Gasteiger partial charge in [0.1, 0.15) is 0 Å². The maximum Gasteiger partial charge on any atom is 0.305 e. The van der Waals surface area contributed by atoms with Gasteiger partial charge in [-0.1, -0.05) is 61.7 Å². The molecule has 0 saturated heterocycles. The van der Waals surface area contributed by atoms with Crippen LogP contribution in [0.1, 0.15) is 65.6 Å². The van der Waals surface area contributed by atoms with Crippen molar-refractivity contribution in [3.05, 3.63) is 89.0 Å². The second-order valence-corrected chi connectivity index (χ2v) is 10.5. The number of carbonyl (C=O) groups is 2. The monoisotopic (exact) mass is 503 g/mol. The second kappa shape index (κ2) is 14.5. The summed E-state index contributed by atoms with van der Waals surface area (Å²) in [7, 11) is 0. The van der Waals surface area contributed by atoms with Gasteiger partial charge >= 0.3 is 5.97 Å². The third-order valence-corrected chi connectivity index (χ3v) is 7.51. The van der Waals surface area contributed by atoms with Gasteiger partial charge in [0.25, 0.3) is 5.91 Å². The first-order valence-corrected chi connectivity index (χ1v) is 13.8. The Morgan fingerprint density at radius 1 is 0.778 bits per heavy atom. The first kappa shape index (κ1) is 27.5. The molecule has 0 aliphatic carbocycles. The molecule has 0 atom stereocenters. The molecule has 3 aromatic rings. The number of amides is 1. The molecule has 1 amide bonds. The van der Waals surface area contributed by atoms with Crippen LogP contribution in [0.4, 0.5) is 0 Å². The van der Waals surface area contributed by atoms with E-state index in [1.54, 1.807) is 0 Å². The number of carbonyl (C=O) groups excluding carboxylic acids is 1. The van der Waals surface area contributed by atoms with Crippen molar-refractivity contribution >= 4 is 23.6 Å². The number of benzene rings is 3. The fraction of sp³-hybridized carbons (Fsp3) is 0.355. The number of aliphatic carboxylic acids is 1. The molecule has 190 valence electrons. The molecule has 0 heterocycles. The lowest BCUT2D eigenvalue weighted by Gasteiger charge is -2.07. The van der Waals surface area contributed by atoms with E-state index in [0.717, 1.165) is 18.6 Å². The molecule has 3 aromatic carbocycles. The van der Waals surface area contributed by atoms with Crippen LogP contribution >= 0.6 is 11.8 Å². The van der Waals surface area contributed by atoms with Gasteiger partial charge in [0.05, 0.1) is 6.42 Å². The molecular weight excluding hydrogens is 466 g/mol. The Balaban J connectivity index is 1.26. The maximum atomic E-state index is 12.0. The third-order valence-electron chi connectivity index (χ3n) is 6.41. The molecule has 0 fully saturated rings. The van der Waals surface area contributed by atoms with Gasteiger partial charge in [0, 0.05) is 17.0 Å². The minimum absolute atomic E-state index is 0.0656. The van der Waals surface area contributed by atoms with Gasteiger partial charge in [-0.2, -0.15) is 0 Å². The van der Waals surface area contributed by atoms with E-state index < -0.39 is 5.97 Å². The summed E-state index contributed by atoms with van der Waals surface area (Å²) < 4.78 is 0. The van der Waals surface area contributed by atoms with E-state index in [-0.39, 0.29) is 18.9 Å². The molecular formula is C31H37NO3S. The van der Waals surface area contributed by atoms with Crippen LogP contribution in [0.5, 0.6) is 0 Å². The predicted molar refractivity (Wildman–Crippen MR) is 150 cm³/mol. The minimum Gasteiger partial charge on any atom is -0.481 e. The molecule has 4 nitrogen and oxygen atoms in total. The lowest BCUT2D eigenvalue weighted by Crippen LogP contribution is -2.25. The van der Waals surface area contributed by atoms with E-state index in [4.69, 9.17) is 5.11 Å². The zero-order valence-electron chi connectivity index (χ0n) is 21.4. The lowest BCUT2D eigenvalue weighted by atomic mass is 10.0. The highest BCUT2D eigenvalue weighted by atomic mass is 32.2. The second-order valence-electron chi connectivity index (χ2n) is 9.29. The smallest absolute Gasteiger partial charge is 0.305 e. The van der Waals surface area contributed by atoms with E-state index in [1.165, 1.54) is 58.4 Å². The Labute approximate surface area is 219 Å². The normalized spacial score (nSPS) is 10.8. The SMILES string of the molecule is Cc1ccc(-c2ccc(SCCCCCCCc3ccc(C(=O)NCCC(=O)O)cc3)cc2)cc1C. The Morgan fingerprint density at radius 3 is 2.14 bits per heavy atom. The van der Waals surface area contributed by atoms with Gasteiger partial charge in [-0.3, -0.25) is 9.59 Å². The van der Waals surface area contributed by atoms with Gasteiger partial charge in [-0.15, -0.1) is 11.8 Å². The van der Waals surface area contributed by atoms with Crippen molar-refractivity contribution in [2.75, 3.05) is 12.3 Å². The summed E-state index contributed by atoms with van der Waals surface area (Å²) in [5, 5.41) is 11.3. The Morgan fingerprint density at radius 2 is 1.44 bits per heavy atom. The first-order chi connectivity index (χ1) is 17.4. The summed E-state index contributed by atoms with van der Waals surface area (Å²) >= 11 is 1.94. The van der Waals surface area contributed by atoms with Gasteiger partial charge in [0.15, 0.2) is 0 Å². The summed E-state index contributed by atoms with van der Waals surface area (Å²) in [5.41, 5.74) is 7.02. The fourth-order valence-electron chi connectivity index (χ4n) is 4.02. The maximum absolute atomic E-state index is 12.0. The van der Waals surface area contributed by atoms with Crippen LogP contribution < -0.4 is 5.32 Å². The highest BCUT2D eigenvalue weighted by Crippen LogP contribution is 2.26. The molecule has 0 aliphatic heterocycles. The number of hydrogen-bond donors (Lipinski definition) is 2. The van der Waals surface area contributed by atoms with Gasteiger partial charge in [-0.05, 0) is 90.9 Å². The van der Waals surface area contributed by atoms with Crippen molar-refractivity contribution in [3.8, 4) is 11.1 Å². The number of nitrogens with one attached hydrogen (secondary N) is 1. The summed E-state index contributed by atoms with van der Waals surface area (Å²) in [6.07, 6.45) is 7.05. The van der Waals surface area contributed by atoms with Crippen LogP contribution in [-0.4, -0.2) is 29.3 Å².